The lowest BCUT2D eigenvalue weighted by atomic mass is 10.2. The Morgan fingerprint density at radius 2 is 1.90 bits per heavy atom. The molecular formula is C16H22Br2N2O. The second-order valence-corrected chi connectivity index (χ2v) is 7.09. The minimum absolute atomic E-state index is 0.589. The lowest BCUT2D eigenvalue weighted by Gasteiger charge is -2.13. The van der Waals surface area contributed by atoms with Crippen LogP contribution in [0.3, 0.4) is 0 Å². The first-order valence-corrected chi connectivity index (χ1v) is 8.81. The van der Waals surface area contributed by atoms with Crippen LogP contribution >= 0.6 is 31.9 Å². The zero-order chi connectivity index (χ0) is 15.7. The second-order valence-electron chi connectivity index (χ2n) is 5.38. The number of nitrogens with zero attached hydrogens (tertiary/aromatic N) is 1. The van der Waals surface area contributed by atoms with Crippen molar-refractivity contribution in [3.05, 3.63) is 26.6 Å². The highest BCUT2D eigenvalue weighted by atomic mass is 79.9. The van der Waals surface area contributed by atoms with Crippen LogP contribution in [0, 0.1) is 17.2 Å². The molecule has 3 nitrogen and oxygen atoms in total. The van der Waals surface area contributed by atoms with E-state index < -0.39 is 0 Å². The van der Waals surface area contributed by atoms with Crippen LogP contribution in [0.2, 0.25) is 0 Å². The van der Waals surface area contributed by atoms with E-state index in [-0.39, 0.29) is 0 Å². The summed E-state index contributed by atoms with van der Waals surface area (Å²) < 4.78 is 7.70. The third-order valence-corrected chi connectivity index (χ3v) is 4.05. The molecule has 0 unspecified atom stereocenters. The molecule has 116 valence electrons. The standard InChI is InChI=1S/C16H22Br2N2O/c1-12(2)10-20-11-13-8-14(17)16(15(18)9-13)21-7-5-3-4-6-19/h8-9,12,20H,3-5,7,10-11H2,1-2H3. The van der Waals surface area contributed by atoms with Crippen molar-refractivity contribution in [2.24, 2.45) is 5.92 Å². The molecule has 1 N–H and O–H groups in total. The van der Waals surface area contributed by atoms with Crippen molar-refractivity contribution in [2.75, 3.05) is 13.2 Å². The lowest BCUT2D eigenvalue weighted by Crippen LogP contribution is -2.19. The fourth-order valence-corrected chi connectivity index (χ4v) is 3.35. The highest BCUT2D eigenvalue weighted by Gasteiger charge is 2.09. The summed E-state index contributed by atoms with van der Waals surface area (Å²) in [5, 5.41) is 11.9. The molecule has 0 fully saturated rings. The van der Waals surface area contributed by atoms with Gasteiger partial charge in [0.1, 0.15) is 5.75 Å². The molecule has 0 aliphatic rings. The summed E-state index contributed by atoms with van der Waals surface area (Å²) in [7, 11) is 0. The molecule has 0 saturated heterocycles. The Hall–Kier alpha value is -0.570. The lowest BCUT2D eigenvalue weighted by molar-refractivity contribution is 0.304. The van der Waals surface area contributed by atoms with Crippen molar-refractivity contribution in [3.63, 3.8) is 0 Å². The van der Waals surface area contributed by atoms with Crippen molar-refractivity contribution in [1.29, 1.82) is 5.26 Å². The number of nitriles is 1. The smallest absolute Gasteiger partial charge is 0.147 e. The van der Waals surface area contributed by atoms with E-state index in [1.165, 1.54) is 5.56 Å². The first-order valence-electron chi connectivity index (χ1n) is 7.23. The zero-order valence-corrected chi connectivity index (χ0v) is 15.8. The summed E-state index contributed by atoms with van der Waals surface area (Å²) in [6.07, 6.45) is 2.36. The average molecular weight is 418 g/mol. The Morgan fingerprint density at radius 1 is 1.24 bits per heavy atom. The van der Waals surface area contributed by atoms with E-state index in [4.69, 9.17) is 10.00 Å². The van der Waals surface area contributed by atoms with Gasteiger partial charge in [0.2, 0.25) is 0 Å². The van der Waals surface area contributed by atoms with Gasteiger partial charge in [0.05, 0.1) is 21.6 Å². The molecule has 0 bridgehead atoms. The summed E-state index contributed by atoms with van der Waals surface area (Å²) in [6, 6.07) is 6.31. The van der Waals surface area contributed by atoms with Crippen LogP contribution in [0.1, 0.15) is 38.7 Å². The Kier molecular flexibility index (Phi) is 8.98. The van der Waals surface area contributed by atoms with E-state index in [1.54, 1.807) is 0 Å². The predicted molar refractivity (Wildman–Crippen MR) is 93.3 cm³/mol. The average Bonchev–Trinajstić information content (AvgIpc) is 2.40. The monoisotopic (exact) mass is 416 g/mol. The van der Waals surface area contributed by atoms with Crippen molar-refractivity contribution in [2.45, 2.75) is 39.7 Å². The molecule has 0 heterocycles. The van der Waals surface area contributed by atoms with Crippen LogP contribution in [0.5, 0.6) is 5.75 Å². The summed E-state index contributed by atoms with van der Waals surface area (Å²) in [5.74, 6) is 1.48. The summed E-state index contributed by atoms with van der Waals surface area (Å²) in [5.41, 5.74) is 1.21. The van der Waals surface area contributed by atoms with Gasteiger partial charge in [-0.25, -0.2) is 0 Å². The van der Waals surface area contributed by atoms with Crippen LogP contribution in [0.25, 0.3) is 0 Å². The highest BCUT2D eigenvalue weighted by molar-refractivity contribution is 9.11. The fraction of sp³-hybridized carbons (Fsp3) is 0.562. The molecule has 1 aromatic rings. The number of nitrogens with one attached hydrogen (secondary N) is 1. The quantitative estimate of drug-likeness (QED) is 0.573. The van der Waals surface area contributed by atoms with Gasteiger partial charge in [-0.05, 0) is 74.9 Å². The SMILES string of the molecule is CC(C)CNCc1cc(Br)c(OCCCCC#N)c(Br)c1. The zero-order valence-electron chi connectivity index (χ0n) is 12.6. The van der Waals surface area contributed by atoms with Crippen molar-refractivity contribution < 1.29 is 4.74 Å². The molecule has 0 aliphatic heterocycles. The predicted octanol–water partition coefficient (Wildman–Crippen LogP) is 5.03. The highest BCUT2D eigenvalue weighted by Crippen LogP contribution is 2.35. The van der Waals surface area contributed by atoms with E-state index in [1.807, 2.05) is 0 Å². The van der Waals surface area contributed by atoms with Crippen LogP contribution < -0.4 is 10.1 Å². The number of unbranched alkanes of at least 4 members (excludes halogenated alkanes) is 2. The molecular weight excluding hydrogens is 396 g/mol. The second kappa shape index (κ2) is 10.2. The number of halogens is 2. The Labute approximate surface area is 144 Å². The summed E-state index contributed by atoms with van der Waals surface area (Å²) >= 11 is 7.13. The van der Waals surface area contributed by atoms with Gasteiger partial charge in [0.15, 0.2) is 0 Å². The Morgan fingerprint density at radius 3 is 2.48 bits per heavy atom. The maximum absolute atomic E-state index is 8.49. The first-order chi connectivity index (χ1) is 10.0. The fourth-order valence-electron chi connectivity index (χ4n) is 1.84. The molecule has 0 atom stereocenters. The van der Waals surface area contributed by atoms with Crippen LogP contribution in [-0.4, -0.2) is 13.2 Å². The van der Waals surface area contributed by atoms with Gasteiger partial charge in [-0.1, -0.05) is 13.8 Å². The minimum Gasteiger partial charge on any atom is -0.491 e. The Balaban J connectivity index is 2.53. The van der Waals surface area contributed by atoms with Crippen LogP contribution in [-0.2, 0) is 6.54 Å². The van der Waals surface area contributed by atoms with E-state index in [0.29, 0.717) is 18.9 Å². The molecule has 1 rings (SSSR count). The van der Waals surface area contributed by atoms with Gasteiger partial charge in [-0.2, -0.15) is 5.26 Å². The maximum Gasteiger partial charge on any atom is 0.147 e. The van der Waals surface area contributed by atoms with Crippen LogP contribution in [0.15, 0.2) is 21.1 Å². The van der Waals surface area contributed by atoms with Crippen molar-refractivity contribution in [1.82, 2.24) is 5.32 Å². The third kappa shape index (κ3) is 7.30. The molecule has 0 amide bonds. The maximum atomic E-state index is 8.49. The van der Waals surface area contributed by atoms with E-state index in [9.17, 15) is 0 Å². The molecule has 0 spiro atoms. The van der Waals surface area contributed by atoms with Gasteiger partial charge in [0.25, 0.3) is 0 Å². The van der Waals surface area contributed by atoms with Gasteiger partial charge < -0.3 is 10.1 Å². The molecule has 0 aliphatic carbocycles. The van der Waals surface area contributed by atoms with Gasteiger partial charge in [-0.15, -0.1) is 0 Å². The van der Waals surface area contributed by atoms with Gasteiger partial charge in [0, 0.05) is 13.0 Å². The summed E-state index contributed by atoms with van der Waals surface area (Å²) in [6.45, 7) is 6.87. The largest absolute Gasteiger partial charge is 0.491 e. The summed E-state index contributed by atoms with van der Waals surface area (Å²) in [4.78, 5) is 0. The van der Waals surface area contributed by atoms with Crippen molar-refractivity contribution >= 4 is 31.9 Å². The number of hydrogen-bond acceptors (Lipinski definition) is 3. The number of hydrogen-bond donors (Lipinski definition) is 1. The number of rotatable bonds is 9. The minimum atomic E-state index is 0.589. The van der Waals surface area contributed by atoms with E-state index >= 15 is 0 Å². The van der Waals surface area contributed by atoms with E-state index in [2.05, 4.69) is 69.2 Å². The third-order valence-electron chi connectivity index (χ3n) is 2.87. The van der Waals surface area contributed by atoms with Crippen molar-refractivity contribution in [3.8, 4) is 11.8 Å². The number of ether oxygens (including phenoxy) is 1. The van der Waals surface area contributed by atoms with Crippen LogP contribution in [0.4, 0.5) is 0 Å². The Bertz CT molecular complexity index is 461. The number of benzene rings is 1. The first kappa shape index (κ1) is 18.5. The van der Waals surface area contributed by atoms with Gasteiger partial charge >= 0.3 is 0 Å². The molecule has 0 saturated carbocycles. The molecule has 0 aromatic heterocycles. The van der Waals surface area contributed by atoms with Gasteiger partial charge in [-0.3, -0.25) is 0 Å². The molecule has 0 radical (unpaired) electrons. The molecule has 1 aromatic carbocycles. The topological polar surface area (TPSA) is 45.0 Å². The normalized spacial score (nSPS) is 10.7. The molecule has 21 heavy (non-hydrogen) atoms. The van der Waals surface area contributed by atoms with E-state index in [0.717, 1.165) is 40.6 Å². The molecule has 5 heteroatoms.